The predicted octanol–water partition coefficient (Wildman–Crippen LogP) is 3.37. The third-order valence-corrected chi connectivity index (χ3v) is 5.36. The monoisotopic (exact) mass is 430 g/mol. The number of hydrogen-bond donors (Lipinski definition) is 2. The minimum atomic E-state index is -0.663. The molecule has 2 N–H and O–H groups in total. The van der Waals surface area contributed by atoms with E-state index < -0.39 is 17.2 Å². The Morgan fingerprint density at radius 1 is 1.17 bits per heavy atom. The molecule has 0 bridgehead atoms. The molecule has 1 heterocycles. The summed E-state index contributed by atoms with van der Waals surface area (Å²) in [5, 5.41) is 5.47. The highest BCUT2D eigenvalue weighted by molar-refractivity contribution is 8.00. The molecule has 0 saturated heterocycles. The van der Waals surface area contributed by atoms with E-state index in [1.165, 1.54) is 4.57 Å². The fraction of sp³-hybridized carbons (Fsp3) is 0.200. The number of fused-ring (bicyclic) bond motifs is 1. The van der Waals surface area contributed by atoms with Crippen LogP contribution >= 0.6 is 23.4 Å². The summed E-state index contributed by atoms with van der Waals surface area (Å²) in [6.07, 6.45) is 0. The summed E-state index contributed by atoms with van der Waals surface area (Å²) in [6, 6.07) is 13.2. The van der Waals surface area contributed by atoms with Crippen molar-refractivity contribution in [1.82, 2.24) is 20.2 Å². The second-order valence-corrected chi connectivity index (χ2v) is 7.88. The van der Waals surface area contributed by atoms with Crippen LogP contribution < -0.4 is 16.2 Å². The van der Waals surface area contributed by atoms with E-state index in [0.29, 0.717) is 33.3 Å². The van der Waals surface area contributed by atoms with E-state index >= 15 is 0 Å². The van der Waals surface area contributed by atoms with E-state index in [0.717, 1.165) is 11.8 Å². The molecule has 0 fully saturated rings. The molecule has 3 aromatic rings. The van der Waals surface area contributed by atoms with Crippen molar-refractivity contribution in [3.63, 3.8) is 0 Å². The Bertz CT molecular complexity index is 1110. The number of para-hydroxylation sites is 1. The maximum absolute atomic E-state index is 13.2. The maximum Gasteiger partial charge on any atom is 0.321 e. The summed E-state index contributed by atoms with van der Waals surface area (Å²) in [5.41, 5.74) is 0.856. The molecule has 1 atom stereocenters. The highest BCUT2D eigenvalue weighted by atomic mass is 35.5. The first-order valence-corrected chi connectivity index (χ1v) is 10.2. The van der Waals surface area contributed by atoms with E-state index in [1.54, 1.807) is 62.4 Å². The van der Waals surface area contributed by atoms with Gasteiger partial charge in [-0.1, -0.05) is 35.5 Å². The number of aromatic nitrogens is 2. The van der Waals surface area contributed by atoms with Crippen LogP contribution in [-0.4, -0.2) is 33.3 Å². The Hall–Kier alpha value is -2.84. The van der Waals surface area contributed by atoms with Crippen molar-refractivity contribution in [3.05, 3.63) is 63.9 Å². The largest absolute Gasteiger partial charge is 0.338 e. The zero-order valence-corrected chi connectivity index (χ0v) is 17.4. The lowest BCUT2D eigenvalue weighted by Gasteiger charge is -2.16. The number of benzene rings is 2. The first kappa shape index (κ1) is 20.9. The maximum atomic E-state index is 13.2. The molecule has 0 radical (unpaired) electrons. The number of thioether (sulfide) groups is 1. The molecular formula is C20H19ClN4O3S. The molecule has 0 spiro atoms. The van der Waals surface area contributed by atoms with Crippen molar-refractivity contribution in [2.24, 2.45) is 0 Å². The topological polar surface area (TPSA) is 93.1 Å². The van der Waals surface area contributed by atoms with Gasteiger partial charge in [-0.2, -0.15) is 0 Å². The second-order valence-electron chi connectivity index (χ2n) is 6.14. The molecular weight excluding hydrogens is 412 g/mol. The lowest BCUT2D eigenvalue weighted by Crippen LogP contribution is -2.42. The number of amides is 3. The summed E-state index contributed by atoms with van der Waals surface area (Å²) in [7, 11) is 0. The normalized spacial score (nSPS) is 11.8. The molecule has 3 amide bonds. The summed E-state index contributed by atoms with van der Waals surface area (Å²) in [6.45, 7) is 3.81. The van der Waals surface area contributed by atoms with Crippen LogP contribution in [-0.2, 0) is 4.79 Å². The summed E-state index contributed by atoms with van der Waals surface area (Å²) >= 11 is 7.07. The molecule has 1 unspecified atom stereocenters. The third-order valence-electron chi connectivity index (χ3n) is 4.06. The van der Waals surface area contributed by atoms with E-state index in [9.17, 15) is 14.4 Å². The lowest BCUT2D eigenvalue weighted by molar-refractivity contribution is -0.119. The molecule has 2 aromatic carbocycles. The Kier molecular flexibility index (Phi) is 6.56. The number of rotatable bonds is 5. The van der Waals surface area contributed by atoms with Crippen LogP contribution in [0.5, 0.6) is 0 Å². The van der Waals surface area contributed by atoms with Crippen molar-refractivity contribution >= 4 is 46.2 Å². The van der Waals surface area contributed by atoms with Crippen molar-refractivity contribution in [1.29, 1.82) is 0 Å². The fourth-order valence-electron chi connectivity index (χ4n) is 2.64. The van der Waals surface area contributed by atoms with E-state index in [2.05, 4.69) is 15.6 Å². The molecule has 7 nitrogen and oxygen atoms in total. The van der Waals surface area contributed by atoms with Crippen LogP contribution in [0.1, 0.15) is 13.8 Å². The number of carbonyl (C=O) groups excluding carboxylic acids is 2. The van der Waals surface area contributed by atoms with Crippen LogP contribution in [0.3, 0.4) is 0 Å². The van der Waals surface area contributed by atoms with Gasteiger partial charge in [-0.25, -0.2) is 9.78 Å². The smallest absolute Gasteiger partial charge is 0.321 e. The SMILES string of the molecule is CCNC(=O)NC(=O)C(C)Sc1nc2ccccc2c(=O)n1-c1ccc(Cl)cc1. The molecule has 0 saturated carbocycles. The van der Waals surface area contributed by atoms with Crippen LogP contribution in [0.4, 0.5) is 4.79 Å². The third kappa shape index (κ3) is 4.78. The van der Waals surface area contributed by atoms with Crippen molar-refractivity contribution in [2.75, 3.05) is 6.54 Å². The molecule has 0 aliphatic carbocycles. The number of carbonyl (C=O) groups is 2. The molecule has 29 heavy (non-hydrogen) atoms. The van der Waals surface area contributed by atoms with Crippen molar-refractivity contribution < 1.29 is 9.59 Å². The van der Waals surface area contributed by atoms with Crippen LogP contribution in [0.25, 0.3) is 16.6 Å². The average Bonchev–Trinajstić information content (AvgIpc) is 2.69. The van der Waals surface area contributed by atoms with Gasteiger partial charge in [0, 0.05) is 11.6 Å². The molecule has 3 rings (SSSR count). The van der Waals surface area contributed by atoms with E-state index in [1.807, 2.05) is 0 Å². The zero-order chi connectivity index (χ0) is 21.0. The zero-order valence-electron chi connectivity index (χ0n) is 15.8. The van der Waals surface area contributed by atoms with Gasteiger partial charge in [0.05, 0.1) is 21.8 Å². The van der Waals surface area contributed by atoms with Crippen LogP contribution in [0.15, 0.2) is 58.5 Å². The van der Waals surface area contributed by atoms with Gasteiger partial charge in [0.2, 0.25) is 5.91 Å². The number of imide groups is 1. The summed E-state index contributed by atoms with van der Waals surface area (Å²) in [4.78, 5) is 41.7. The number of hydrogen-bond acceptors (Lipinski definition) is 5. The Balaban J connectivity index is 2.03. The second kappa shape index (κ2) is 9.11. The first-order chi connectivity index (χ1) is 13.9. The fourth-order valence-corrected chi connectivity index (χ4v) is 3.69. The number of nitrogens with one attached hydrogen (secondary N) is 2. The van der Waals surface area contributed by atoms with Gasteiger partial charge in [-0.3, -0.25) is 19.5 Å². The van der Waals surface area contributed by atoms with E-state index in [-0.39, 0.29) is 5.56 Å². The molecule has 1 aromatic heterocycles. The number of halogens is 1. The Morgan fingerprint density at radius 3 is 2.55 bits per heavy atom. The van der Waals surface area contributed by atoms with Crippen LogP contribution in [0.2, 0.25) is 5.02 Å². The molecule has 0 aliphatic rings. The molecule has 9 heteroatoms. The highest BCUT2D eigenvalue weighted by Crippen LogP contribution is 2.25. The number of urea groups is 1. The van der Waals surface area contributed by atoms with Gasteiger partial charge in [0.15, 0.2) is 5.16 Å². The Morgan fingerprint density at radius 2 is 1.86 bits per heavy atom. The summed E-state index contributed by atoms with van der Waals surface area (Å²) < 4.78 is 1.44. The average molecular weight is 431 g/mol. The molecule has 150 valence electrons. The molecule has 0 aliphatic heterocycles. The highest BCUT2D eigenvalue weighted by Gasteiger charge is 2.21. The Labute approximate surface area is 176 Å². The quantitative estimate of drug-likeness (QED) is 0.478. The van der Waals surface area contributed by atoms with E-state index in [4.69, 9.17) is 11.6 Å². The van der Waals surface area contributed by atoms with Crippen molar-refractivity contribution in [3.8, 4) is 5.69 Å². The van der Waals surface area contributed by atoms with Gasteiger partial charge in [-0.15, -0.1) is 0 Å². The minimum absolute atomic E-state index is 0.253. The van der Waals surface area contributed by atoms with Crippen LogP contribution in [0, 0.1) is 0 Å². The van der Waals surface area contributed by atoms with Gasteiger partial charge in [-0.05, 0) is 50.2 Å². The van der Waals surface area contributed by atoms with Gasteiger partial charge < -0.3 is 5.32 Å². The predicted molar refractivity (Wildman–Crippen MR) is 115 cm³/mol. The van der Waals surface area contributed by atoms with Gasteiger partial charge in [0.1, 0.15) is 0 Å². The first-order valence-electron chi connectivity index (χ1n) is 8.93. The van der Waals surface area contributed by atoms with Crippen molar-refractivity contribution in [2.45, 2.75) is 24.3 Å². The lowest BCUT2D eigenvalue weighted by atomic mass is 10.2. The summed E-state index contributed by atoms with van der Waals surface area (Å²) in [5.74, 6) is -0.481. The number of nitrogens with zero attached hydrogens (tertiary/aromatic N) is 2. The van der Waals surface area contributed by atoms with Gasteiger partial charge in [0.25, 0.3) is 5.56 Å². The standard InChI is InChI=1S/C20H19ClN4O3S/c1-3-22-19(28)24-17(26)12(2)29-20-23-16-7-5-4-6-15(16)18(27)25(20)14-10-8-13(21)9-11-14/h4-12H,3H2,1-2H3,(H2,22,24,26,28). The van der Waals surface area contributed by atoms with Gasteiger partial charge >= 0.3 is 6.03 Å². The minimum Gasteiger partial charge on any atom is -0.338 e.